The van der Waals surface area contributed by atoms with Crippen LogP contribution in [0.25, 0.3) is 0 Å². The zero-order valence-corrected chi connectivity index (χ0v) is 14.2. The van der Waals surface area contributed by atoms with Gasteiger partial charge >= 0.3 is 0 Å². The van der Waals surface area contributed by atoms with Gasteiger partial charge in [-0.3, -0.25) is 4.90 Å². The summed E-state index contributed by atoms with van der Waals surface area (Å²) in [7, 11) is 0. The third kappa shape index (κ3) is 5.41. The lowest BCUT2D eigenvalue weighted by Gasteiger charge is -2.35. The van der Waals surface area contributed by atoms with Crippen molar-refractivity contribution in [3.8, 4) is 0 Å². The third-order valence-electron chi connectivity index (χ3n) is 3.99. The Morgan fingerprint density at radius 3 is 2.62 bits per heavy atom. The monoisotopic (exact) mass is 334 g/mol. The van der Waals surface area contributed by atoms with Crippen LogP contribution in [0.4, 0.5) is 4.39 Å². The zero-order chi connectivity index (χ0) is 14.4. The molecule has 2 rings (SSSR count). The molecule has 1 heterocycles. The molecule has 0 aliphatic carbocycles. The number of hydrogen-bond donors (Lipinski definition) is 1. The smallest absolute Gasteiger partial charge is 0.124 e. The SMILES string of the molecule is CCCCC[C@@H](c1ccc(F)cc1Cl)N1CCNCC1.Cl. The van der Waals surface area contributed by atoms with Gasteiger partial charge in [-0.1, -0.05) is 43.9 Å². The first kappa shape index (κ1) is 18.7. The molecule has 1 aliphatic rings. The highest BCUT2D eigenvalue weighted by Gasteiger charge is 2.23. The molecule has 120 valence electrons. The quantitative estimate of drug-likeness (QED) is 0.774. The van der Waals surface area contributed by atoms with E-state index in [1.165, 1.54) is 31.4 Å². The van der Waals surface area contributed by atoms with Gasteiger partial charge in [-0.2, -0.15) is 0 Å². The van der Waals surface area contributed by atoms with Crippen molar-refractivity contribution in [1.82, 2.24) is 10.2 Å². The van der Waals surface area contributed by atoms with E-state index in [1.54, 1.807) is 0 Å². The van der Waals surface area contributed by atoms with E-state index in [4.69, 9.17) is 11.6 Å². The first-order chi connectivity index (χ1) is 9.72. The highest BCUT2D eigenvalue weighted by Crippen LogP contribution is 2.32. The Morgan fingerprint density at radius 2 is 2.00 bits per heavy atom. The van der Waals surface area contributed by atoms with Crippen LogP contribution in [0.2, 0.25) is 5.02 Å². The standard InChI is InChI=1S/C16H24ClFN2.ClH/c1-2-3-4-5-16(20-10-8-19-9-11-20)14-7-6-13(18)12-15(14)17;/h6-7,12,16,19H,2-5,8-11H2,1H3;1H/t16-;/m0./s1. The maximum absolute atomic E-state index is 13.3. The number of nitrogens with zero attached hydrogens (tertiary/aromatic N) is 1. The fraction of sp³-hybridized carbons (Fsp3) is 0.625. The highest BCUT2D eigenvalue weighted by atomic mass is 35.5. The van der Waals surface area contributed by atoms with Gasteiger partial charge in [0.05, 0.1) is 0 Å². The molecule has 0 bridgehead atoms. The normalized spacial score (nSPS) is 17.3. The van der Waals surface area contributed by atoms with E-state index in [0.29, 0.717) is 11.1 Å². The number of rotatable bonds is 6. The van der Waals surface area contributed by atoms with Crippen molar-refractivity contribution in [2.75, 3.05) is 26.2 Å². The first-order valence-corrected chi connectivity index (χ1v) is 8.00. The Morgan fingerprint density at radius 1 is 1.29 bits per heavy atom. The van der Waals surface area contributed by atoms with Gasteiger partial charge in [-0.05, 0) is 24.1 Å². The Kier molecular flexibility index (Phi) is 8.57. The summed E-state index contributed by atoms with van der Waals surface area (Å²) >= 11 is 6.27. The molecule has 5 heteroatoms. The van der Waals surface area contributed by atoms with E-state index < -0.39 is 0 Å². The second-order valence-electron chi connectivity index (χ2n) is 5.46. The molecule has 0 amide bonds. The summed E-state index contributed by atoms with van der Waals surface area (Å²) < 4.78 is 13.3. The van der Waals surface area contributed by atoms with E-state index in [-0.39, 0.29) is 18.2 Å². The molecular formula is C16H25Cl2FN2. The van der Waals surface area contributed by atoms with Crippen LogP contribution in [-0.2, 0) is 0 Å². The van der Waals surface area contributed by atoms with Crippen molar-refractivity contribution in [1.29, 1.82) is 0 Å². The Hall–Kier alpha value is -0.350. The second kappa shape index (κ2) is 9.62. The number of unbranched alkanes of at least 4 members (excludes halogenated alkanes) is 2. The average Bonchev–Trinajstić information content (AvgIpc) is 2.46. The van der Waals surface area contributed by atoms with Crippen molar-refractivity contribution in [3.05, 3.63) is 34.6 Å². The van der Waals surface area contributed by atoms with E-state index in [1.807, 2.05) is 6.07 Å². The van der Waals surface area contributed by atoms with Gasteiger partial charge in [0.2, 0.25) is 0 Å². The second-order valence-corrected chi connectivity index (χ2v) is 5.87. The predicted molar refractivity (Wildman–Crippen MR) is 90.0 cm³/mol. The molecular weight excluding hydrogens is 310 g/mol. The summed E-state index contributed by atoms with van der Waals surface area (Å²) in [4.78, 5) is 2.48. The zero-order valence-electron chi connectivity index (χ0n) is 12.6. The molecule has 2 nitrogen and oxygen atoms in total. The van der Waals surface area contributed by atoms with Gasteiger partial charge in [-0.25, -0.2) is 4.39 Å². The van der Waals surface area contributed by atoms with Gasteiger partial charge in [-0.15, -0.1) is 12.4 Å². The topological polar surface area (TPSA) is 15.3 Å². The molecule has 1 atom stereocenters. The van der Waals surface area contributed by atoms with Crippen molar-refractivity contribution in [2.45, 2.75) is 38.6 Å². The molecule has 1 fully saturated rings. The Balaban J connectivity index is 0.00000220. The van der Waals surface area contributed by atoms with E-state index in [0.717, 1.165) is 38.2 Å². The van der Waals surface area contributed by atoms with Crippen LogP contribution in [0.5, 0.6) is 0 Å². The third-order valence-corrected chi connectivity index (χ3v) is 4.32. The largest absolute Gasteiger partial charge is 0.314 e. The Bertz CT molecular complexity index is 423. The molecule has 1 saturated heterocycles. The van der Waals surface area contributed by atoms with Crippen molar-refractivity contribution >= 4 is 24.0 Å². The summed E-state index contributed by atoms with van der Waals surface area (Å²) in [6, 6.07) is 5.13. The maximum Gasteiger partial charge on any atom is 0.124 e. The minimum Gasteiger partial charge on any atom is -0.314 e. The van der Waals surface area contributed by atoms with Gasteiger partial charge in [0.1, 0.15) is 5.82 Å². The lowest BCUT2D eigenvalue weighted by molar-refractivity contribution is 0.162. The van der Waals surface area contributed by atoms with Crippen LogP contribution >= 0.6 is 24.0 Å². The number of halogens is 3. The number of hydrogen-bond acceptors (Lipinski definition) is 2. The van der Waals surface area contributed by atoms with Gasteiger partial charge in [0, 0.05) is 37.2 Å². The number of benzene rings is 1. The van der Waals surface area contributed by atoms with E-state index in [9.17, 15) is 4.39 Å². The van der Waals surface area contributed by atoms with Gasteiger partial charge in [0.25, 0.3) is 0 Å². The highest BCUT2D eigenvalue weighted by molar-refractivity contribution is 6.31. The van der Waals surface area contributed by atoms with Crippen LogP contribution in [0, 0.1) is 5.82 Å². The van der Waals surface area contributed by atoms with Crippen molar-refractivity contribution in [2.24, 2.45) is 0 Å². The molecule has 0 saturated carbocycles. The number of nitrogens with one attached hydrogen (secondary N) is 1. The van der Waals surface area contributed by atoms with Crippen LogP contribution in [0.15, 0.2) is 18.2 Å². The molecule has 0 unspecified atom stereocenters. The molecule has 0 spiro atoms. The van der Waals surface area contributed by atoms with E-state index in [2.05, 4.69) is 17.1 Å². The fourth-order valence-electron chi connectivity index (χ4n) is 2.89. The van der Waals surface area contributed by atoms with Gasteiger partial charge in [0.15, 0.2) is 0 Å². The average molecular weight is 335 g/mol. The minimum absolute atomic E-state index is 0. The van der Waals surface area contributed by atoms with Crippen molar-refractivity contribution < 1.29 is 4.39 Å². The molecule has 1 aromatic carbocycles. The molecule has 1 aromatic rings. The van der Waals surface area contributed by atoms with Crippen LogP contribution in [0.3, 0.4) is 0 Å². The summed E-state index contributed by atoms with van der Waals surface area (Å²) in [5.41, 5.74) is 1.08. The summed E-state index contributed by atoms with van der Waals surface area (Å²) in [5, 5.41) is 3.94. The molecule has 1 aliphatic heterocycles. The maximum atomic E-state index is 13.3. The molecule has 0 aromatic heterocycles. The lowest BCUT2D eigenvalue weighted by Crippen LogP contribution is -2.45. The Labute approximate surface area is 138 Å². The van der Waals surface area contributed by atoms with Crippen LogP contribution in [-0.4, -0.2) is 31.1 Å². The minimum atomic E-state index is -0.258. The van der Waals surface area contributed by atoms with Gasteiger partial charge < -0.3 is 5.32 Å². The van der Waals surface area contributed by atoms with Crippen LogP contribution in [0.1, 0.15) is 44.2 Å². The van der Waals surface area contributed by atoms with Crippen LogP contribution < -0.4 is 5.32 Å². The predicted octanol–water partition coefficient (Wildman–Crippen LogP) is 4.43. The number of piperazine rings is 1. The summed E-state index contributed by atoms with van der Waals surface area (Å²) in [6.45, 7) is 6.31. The molecule has 1 N–H and O–H groups in total. The summed E-state index contributed by atoms with van der Waals surface area (Å²) in [5.74, 6) is -0.258. The summed E-state index contributed by atoms with van der Waals surface area (Å²) in [6.07, 6.45) is 4.74. The first-order valence-electron chi connectivity index (χ1n) is 7.62. The molecule has 21 heavy (non-hydrogen) atoms. The fourth-order valence-corrected chi connectivity index (χ4v) is 3.18. The molecule has 0 radical (unpaired) electrons. The van der Waals surface area contributed by atoms with Crippen molar-refractivity contribution in [3.63, 3.8) is 0 Å². The van der Waals surface area contributed by atoms with E-state index >= 15 is 0 Å². The lowest BCUT2D eigenvalue weighted by atomic mass is 9.98.